The van der Waals surface area contributed by atoms with Crippen molar-refractivity contribution >= 4 is 11.3 Å². The Morgan fingerprint density at radius 3 is 2.39 bits per heavy atom. The third-order valence-corrected chi connectivity index (χ3v) is 4.56. The molecule has 0 aliphatic carbocycles. The van der Waals surface area contributed by atoms with Gasteiger partial charge in [-0.3, -0.25) is 0 Å². The van der Waals surface area contributed by atoms with Crippen LogP contribution >= 0.6 is 11.3 Å². The molecule has 96 valence electrons. The van der Waals surface area contributed by atoms with Gasteiger partial charge in [-0.25, -0.2) is 0 Å². The van der Waals surface area contributed by atoms with Crippen molar-refractivity contribution in [3.8, 4) is 0 Å². The molecule has 2 rings (SSSR count). The molecule has 0 amide bonds. The number of aliphatic hydroxyl groups excluding tert-OH is 1. The molecule has 0 fully saturated rings. The van der Waals surface area contributed by atoms with Crippen LogP contribution in [0.1, 0.15) is 47.8 Å². The molecule has 2 aromatic rings. The third-order valence-electron chi connectivity index (χ3n) is 2.99. The lowest BCUT2D eigenvalue weighted by Crippen LogP contribution is -2.07. The van der Waals surface area contributed by atoms with Crippen LogP contribution < -0.4 is 0 Å². The van der Waals surface area contributed by atoms with E-state index in [1.165, 1.54) is 10.4 Å². The fourth-order valence-electron chi connectivity index (χ4n) is 1.91. The van der Waals surface area contributed by atoms with E-state index in [9.17, 15) is 5.11 Å². The highest BCUT2D eigenvalue weighted by Gasteiger charge is 2.19. The van der Waals surface area contributed by atoms with Crippen molar-refractivity contribution in [3.63, 3.8) is 0 Å². The van der Waals surface area contributed by atoms with Crippen LogP contribution in [0.3, 0.4) is 0 Å². The Morgan fingerprint density at radius 1 is 1.11 bits per heavy atom. The molecule has 0 aliphatic heterocycles. The molecule has 0 spiro atoms. The van der Waals surface area contributed by atoms with Crippen LogP contribution in [-0.2, 0) is 5.41 Å². The van der Waals surface area contributed by atoms with Gasteiger partial charge in [-0.05, 0) is 30.0 Å². The molecular weight excluding hydrogens is 240 g/mol. The molecule has 0 bridgehead atoms. The molecule has 0 saturated carbocycles. The van der Waals surface area contributed by atoms with Gasteiger partial charge in [-0.15, -0.1) is 11.3 Å². The van der Waals surface area contributed by atoms with Gasteiger partial charge in [0.15, 0.2) is 0 Å². The van der Waals surface area contributed by atoms with E-state index in [2.05, 4.69) is 26.8 Å². The van der Waals surface area contributed by atoms with Crippen LogP contribution in [-0.4, -0.2) is 5.11 Å². The lowest BCUT2D eigenvalue weighted by molar-refractivity contribution is 0.224. The number of aryl methyl sites for hydroxylation is 1. The molecule has 0 saturated heterocycles. The maximum Gasteiger partial charge on any atom is 0.113 e. The second-order valence-corrected chi connectivity index (χ2v) is 6.88. The number of benzene rings is 1. The van der Waals surface area contributed by atoms with Gasteiger partial charge in [-0.2, -0.15) is 0 Å². The summed E-state index contributed by atoms with van der Waals surface area (Å²) >= 11 is 1.70. The zero-order chi connectivity index (χ0) is 13.3. The quantitative estimate of drug-likeness (QED) is 0.846. The largest absolute Gasteiger partial charge is 0.383 e. The number of hydrogen-bond acceptors (Lipinski definition) is 2. The van der Waals surface area contributed by atoms with Crippen molar-refractivity contribution in [1.82, 2.24) is 0 Å². The van der Waals surface area contributed by atoms with Crippen molar-refractivity contribution < 1.29 is 5.11 Å². The van der Waals surface area contributed by atoms with E-state index >= 15 is 0 Å². The molecule has 1 N–H and O–H groups in total. The molecule has 18 heavy (non-hydrogen) atoms. The number of hydrogen-bond donors (Lipinski definition) is 1. The lowest BCUT2D eigenvalue weighted by Gasteiger charge is -2.16. The Hall–Kier alpha value is -1.12. The summed E-state index contributed by atoms with van der Waals surface area (Å²) in [4.78, 5) is 2.33. The first-order valence-electron chi connectivity index (χ1n) is 6.23. The van der Waals surface area contributed by atoms with Gasteiger partial charge in [0.2, 0.25) is 0 Å². The normalized spacial score (nSPS) is 13.6. The minimum atomic E-state index is -0.508. The van der Waals surface area contributed by atoms with Gasteiger partial charge in [0.1, 0.15) is 6.10 Å². The van der Waals surface area contributed by atoms with Crippen LogP contribution in [0, 0.1) is 6.92 Å². The summed E-state index contributed by atoms with van der Waals surface area (Å²) in [7, 11) is 0. The van der Waals surface area contributed by atoms with Gasteiger partial charge in [-0.1, -0.05) is 50.6 Å². The number of thiophene rings is 1. The van der Waals surface area contributed by atoms with Crippen LogP contribution in [0.25, 0.3) is 0 Å². The molecule has 1 unspecified atom stereocenters. The minimum Gasteiger partial charge on any atom is -0.383 e. The molecule has 1 nitrogen and oxygen atoms in total. The van der Waals surface area contributed by atoms with E-state index in [1.54, 1.807) is 11.3 Å². The lowest BCUT2D eigenvalue weighted by atomic mass is 9.95. The molecule has 1 aromatic heterocycles. The van der Waals surface area contributed by atoms with Crippen molar-refractivity contribution in [1.29, 1.82) is 0 Å². The summed E-state index contributed by atoms with van der Waals surface area (Å²) in [6, 6.07) is 12.2. The Labute approximate surface area is 113 Å². The smallest absolute Gasteiger partial charge is 0.113 e. The maximum absolute atomic E-state index is 10.4. The summed E-state index contributed by atoms with van der Waals surface area (Å²) in [5, 5.41) is 10.4. The molecule has 1 heterocycles. The topological polar surface area (TPSA) is 20.2 Å². The molecule has 0 radical (unpaired) electrons. The van der Waals surface area contributed by atoms with Crippen LogP contribution in [0.2, 0.25) is 0 Å². The summed E-state index contributed by atoms with van der Waals surface area (Å²) in [6.45, 7) is 8.64. The second-order valence-electron chi connectivity index (χ2n) is 5.77. The van der Waals surface area contributed by atoms with Crippen LogP contribution in [0.5, 0.6) is 0 Å². The van der Waals surface area contributed by atoms with Gasteiger partial charge in [0.05, 0.1) is 0 Å². The van der Waals surface area contributed by atoms with Crippen molar-refractivity contribution in [2.75, 3.05) is 0 Å². The zero-order valence-corrected chi connectivity index (χ0v) is 12.2. The summed E-state index contributed by atoms with van der Waals surface area (Å²) in [5.74, 6) is 0. The molecule has 1 aromatic carbocycles. The highest BCUT2D eigenvalue weighted by atomic mass is 32.1. The average molecular weight is 260 g/mol. The maximum atomic E-state index is 10.4. The number of aliphatic hydroxyl groups is 1. The Kier molecular flexibility index (Phi) is 3.60. The van der Waals surface area contributed by atoms with E-state index in [4.69, 9.17) is 0 Å². The molecular formula is C16H20OS. The predicted molar refractivity (Wildman–Crippen MR) is 78.3 cm³/mol. The van der Waals surface area contributed by atoms with E-state index in [0.29, 0.717) is 0 Å². The molecule has 0 aliphatic rings. The zero-order valence-electron chi connectivity index (χ0n) is 11.4. The van der Waals surface area contributed by atoms with E-state index in [-0.39, 0.29) is 5.41 Å². The molecule has 1 atom stereocenters. The standard InChI is InChI=1S/C16H20OS/c1-11-6-5-7-12(10-11)15(17)13-8-9-14(18-13)16(2,3)4/h5-10,15,17H,1-4H3. The number of rotatable bonds is 2. The second kappa shape index (κ2) is 4.87. The Balaban J connectivity index is 2.29. The van der Waals surface area contributed by atoms with Gasteiger partial charge in [0, 0.05) is 9.75 Å². The highest BCUT2D eigenvalue weighted by molar-refractivity contribution is 7.12. The van der Waals surface area contributed by atoms with E-state index < -0.39 is 6.10 Å². The van der Waals surface area contributed by atoms with E-state index in [1.807, 2.05) is 37.3 Å². The summed E-state index contributed by atoms with van der Waals surface area (Å²) in [5.41, 5.74) is 2.30. The van der Waals surface area contributed by atoms with E-state index in [0.717, 1.165) is 10.4 Å². The summed E-state index contributed by atoms with van der Waals surface area (Å²) < 4.78 is 0. The summed E-state index contributed by atoms with van der Waals surface area (Å²) in [6.07, 6.45) is -0.508. The SMILES string of the molecule is Cc1cccc(C(O)c2ccc(C(C)(C)C)s2)c1. The van der Waals surface area contributed by atoms with Gasteiger partial charge >= 0.3 is 0 Å². The molecule has 2 heteroatoms. The first-order chi connectivity index (χ1) is 8.38. The monoisotopic (exact) mass is 260 g/mol. The fourth-order valence-corrected chi connectivity index (χ4v) is 2.99. The van der Waals surface area contributed by atoms with Crippen molar-refractivity contribution in [3.05, 3.63) is 57.3 Å². The van der Waals surface area contributed by atoms with Gasteiger partial charge in [0.25, 0.3) is 0 Å². The first kappa shape index (κ1) is 13.3. The average Bonchev–Trinajstić information content (AvgIpc) is 2.77. The van der Waals surface area contributed by atoms with Crippen molar-refractivity contribution in [2.24, 2.45) is 0 Å². The fraction of sp³-hybridized carbons (Fsp3) is 0.375. The Morgan fingerprint density at radius 2 is 1.83 bits per heavy atom. The first-order valence-corrected chi connectivity index (χ1v) is 7.04. The van der Waals surface area contributed by atoms with Crippen LogP contribution in [0.15, 0.2) is 36.4 Å². The van der Waals surface area contributed by atoms with Crippen LogP contribution in [0.4, 0.5) is 0 Å². The Bertz CT molecular complexity index is 534. The van der Waals surface area contributed by atoms with Crippen molar-refractivity contribution in [2.45, 2.75) is 39.2 Å². The van der Waals surface area contributed by atoms with Gasteiger partial charge < -0.3 is 5.11 Å². The highest BCUT2D eigenvalue weighted by Crippen LogP contribution is 2.34. The predicted octanol–water partition coefficient (Wildman–Crippen LogP) is 4.44. The minimum absolute atomic E-state index is 0.148. The third kappa shape index (κ3) is 2.82.